The van der Waals surface area contributed by atoms with E-state index in [9.17, 15) is 28.0 Å². The first-order valence-electron chi connectivity index (χ1n) is 15.5. The summed E-state index contributed by atoms with van der Waals surface area (Å²) < 4.78 is 29.0. The van der Waals surface area contributed by atoms with E-state index >= 15 is 0 Å². The van der Waals surface area contributed by atoms with Crippen molar-refractivity contribution < 1.29 is 38.0 Å². The SMILES string of the molecule is O=C(NO)c1ccc(CN2C(=O)Cc3cc(-c4cccc(ONC(=O)c5ccc(CN6C(=O)C(F)(F)c7ccccc76)cc5)c4)ccc32)cc1. The fourth-order valence-corrected chi connectivity index (χ4v) is 6.12. The van der Waals surface area contributed by atoms with E-state index in [-0.39, 0.29) is 35.7 Å². The number of benzene rings is 5. The normalized spacial score (nSPS) is 14.3. The molecule has 0 bridgehead atoms. The average Bonchev–Trinajstić information content (AvgIpc) is 3.55. The molecule has 50 heavy (non-hydrogen) atoms. The third-order valence-electron chi connectivity index (χ3n) is 8.70. The predicted molar refractivity (Wildman–Crippen MR) is 179 cm³/mol. The predicted octanol–water partition coefficient (Wildman–Crippen LogP) is 5.92. The molecule has 5 aromatic rings. The van der Waals surface area contributed by atoms with Crippen LogP contribution in [-0.2, 0) is 35.0 Å². The van der Waals surface area contributed by atoms with Crippen molar-refractivity contribution in [3.63, 3.8) is 0 Å². The summed E-state index contributed by atoms with van der Waals surface area (Å²) in [5, 5.41) is 8.82. The highest BCUT2D eigenvalue weighted by atomic mass is 19.3. The largest absolute Gasteiger partial charge is 0.379 e. The van der Waals surface area contributed by atoms with Gasteiger partial charge in [0.1, 0.15) is 0 Å². The van der Waals surface area contributed by atoms with Crippen LogP contribution in [0.3, 0.4) is 0 Å². The molecule has 2 heterocycles. The molecule has 0 spiro atoms. The first-order chi connectivity index (χ1) is 24.1. The highest BCUT2D eigenvalue weighted by molar-refractivity contribution is 6.06. The standard InChI is InChI=1S/C38H28F2N4O6/c39-38(40)31-6-1-2-7-33(31)44(37(38)48)22-24-10-14-26(15-11-24)36(47)42-50-30-5-3-4-27(19-30)28-16-17-32-29(18-28)20-34(45)43(32)21-23-8-12-25(13-9-23)35(46)41-49/h1-19,49H,20-22H2,(H,41,46)(H,42,47). The molecule has 0 aromatic heterocycles. The Morgan fingerprint density at radius 3 is 2.06 bits per heavy atom. The van der Waals surface area contributed by atoms with Gasteiger partial charge in [-0.15, -0.1) is 0 Å². The quantitative estimate of drug-likeness (QED) is 0.132. The molecule has 2 aliphatic rings. The first-order valence-corrected chi connectivity index (χ1v) is 15.5. The fraction of sp³-hybridized carbons (Fsp3) is 0.105. The van der Waals surface area contributed by atoms with E-state index in [1.165, 1.54) is 30.3 Å². The van der Waals surface area contributed by atoms with Gasteiger partial charge in [0.15, 0.2) is 5.75 Å². The number of nitrogens with zero attached hydrogens (tertiary/aromatic N) is 2. The molecule has 0 saturated heterocycles. The van der Waals surface area contributed by atoms with Gasteiger partial charge in [-0.2, -0.15) is 14.3 Å². The van der Waals surface area contributed by atoms with Gasteiger partial charge in [0.25, 0.3) is 11.8 Å². The van der Waals surface area contributed by atoms with Crippen LogP contribution in [0.4, 0.5) is 20.2 Å². The number of amides is 4. The molecule has 0 fully saturated rings. The number of alkyl halides is 2. The maximum absolute atomic E-state index is 14.5. The minimum Gasteiger partial charge on any atom is -0.379 e. The number of carbonyl (C=O) groups excluding carboxylic acids is 4. The second kappa shape index (κ2) is 12.9. The lowest BCUT2D eigenvalue weighted by atomic mass is 10.0. The molecule has 5 aromatic carbocycles. The number of rotatable bonds is 9. The van der Waals surface area contributed by atoms with Crippen LogP contribution in [0.1, 0.15) is 43.0 Å². The second-order valence-corrected chi connectivity index (χ2v) is 11.9. The molecule has 0 radical (unpaired) electrons. The summed E-state index contributed by atoms with van der Waals surface area (Å²) in [6.45, 7) is 0.246. The zero-order valence-electron chi connectivity index (χ0n) is 26.2. The number of carbonyl (C=O) groups is 4. The molecule has 0 unspecified atom stereocenters. The highest BCUT2D eigenvalue weighted by Gasteiger charge is 2.52. The number of nitrogens with one attached hydrogen (secondary N) is 2. The number of fused-ring (bicyclic) bond motifs is 2. The summed E-state index contributed by atoms with van der Waals surface area (Å²) in [5.74, 6) is -5.71. The van der Waals surface area contributed by atoms with Crippen LogP contribution < -0.4 is 25.6 Å². The van der Waals surface area contributed by atoms with Gasteiger partial charge in [0.05, 0.1) is 30.8 Å². The number of para-hydroxylation sites is 1. The summed E-state index contributed by atoms with van der Waals surface area (Å²) in [7, 11) is 0. The summed E-state index contributed by atoms with van der Waals surface area (Å²) in [6.07, 6.45) is 0.229. The number of hydrogen-bond acceptors (Lipinski definition) is 6. The maximum atomic E-state index is 14.5. The van der Waals surface area contributed by atoms with Crippen molar-refractivity contribution in [1.82, 2.24) is 11.0 Å². The number of hydroxylamine groups is 2. The van der Waals surface area contributed by atoms with E-state index in [1.54, 1.807) is 71.0 Å². The van der Waals surface area contributed by atoms with Crippen LogP contribution in [0, 0.1) is 0 Å². The molecule has 0 saturated carbocycles. The van der Waals surface area contributed by atoms with Crippen molar-refractivity contribution in [2.24, 2.45) is 0 Å². The average molecular weight is 675 g/mol. The molecule has 0 aliphatic carbocycles. The Labute approximate surface area is 284 Å². The highest BCUT2D eigenvalue weighted by Crippen LogP contribution is 2.44. The third-order valence-corrected chi connectivity index (χ3v) is 8.70. The summed E-state index contributed by atoms with van der Waals surface area (Å²) in [4.78, 5) is 58.1. The Kier molecular flexibility index (Phi) is 8.30. The van der Waals surface area contributed by atoms with Crippen LogP contribution in [0.5, 0.6) is 5.75 Å². The zero-order chi connectivity index (χ0) is 35.0. The Balaban J connectivity index is 0.979. The summed E-state index contributed by atoms with van der Waals surface area (Å²) >= 11 is 0. The minimum atomic E-state index is -3.59. The van der Waals surface area contributed by atoms with Gasteiger partial charge in [0.2, 0.25) is 5.91 Å². The minimum absolute atomic E-state index is 0.0569. The van der Waals surface area contributed by atoms with Crippen LogP contribution in [0.25, 0.3) is 11.1 Å². The number of halogens is 2. The van der Waals surface area contributed by atoms with E-state index in [0.717, 1.165) is 32.8 Å². The van der Waals surface area contributed by atoms with Crippen molar-refractivity contribution >= 4 is 35.0 Å². The van der Waals surface area contributed by atoms with Crippen molar-refractivity contribution in [2.75, 3.05) is 9.80 Å². The van der Waals surface area contributed by atoms with E-state index in [4.69, 9.17) is 10.0 Å². The van der Waals surface area contributed by atoms with Crippen LogP contribution in [0.2, 0.25) is 0 Å². The van der Waals surface area contributed by atoms with Crippen LogP contribution in [-0.4, -0.2) is 28.8 Å². The van der Waals surface area contributed by atoms with Crippen molar-refractivity contribution in [3.8, 4) is 16.9 Å². The molecule has 7 rings (SSSR count). The van der Waals surface area contributed by atoms with E-state index < -0.39 is 23.6 Å². The lowest BCUT2D eigenvalue weighted by Crippen LogP contribution is -2.34. The molecular weight excluding hydrogens is 646 g/mol. The van der Waals surface area contributed by atoms with Gasteiger partial charge in [-0.1, -0.05) is 60.7 Å². The van der Waals surface area contributed by atoms with Crippen molar-refractivity contribution in [1.29, 1.82) is 0 Å². The summed E-state index contributed by atoms with van der Waals surface area (Å²) in [6, 6.07) is 31.4. The Morgan fingerprint density at radius 2 is 1.36 bits per heavy atom. The topological polar surface area (TPSA) is 128 Å². The van der Waals surface area contributed by atoms with Gasteiger partial charge in [-0.3, -0.25) is 24.4 Å². The van der Waals surface area contributed by atoms with Gasteiger partial charge < -0.3 is 14.6 Å². The van der Waals surface area contributed by atoms with E-state index in [0.29, 0.717) is 23.4 Å². The van der Waals surface area contributed by atoms with E-state index in [1.807, 2.05) is 24.3 Å². The smallest absolute Gasteiger partial charge is 0.352 e. The lowest BCUT2D eigenvalue weighted by Gasteiger charge is -2.18. The van der Waals surface area contributed by atoms with Crippen LogP contribution in [0.15, 0.2) is 115 Å². The van der Waals surface area contributed by atoms with Gasteiger partial charge in [0, 0.05) is 16.8 Å². The molecule has 250 valence electrons. The molecule has 0 atom stereocenters. The van der Waals surface area contributed by atoms with E-state index in [2.05, 4.69) is 5.48 Å². The third kappa shape index (κ3) is 6.03. The van der Waals surface area contributed by atoms with Gasteiger partial charge in [-0.25, -0.2) is 5.48 Å². The number of hydrogen-bond donors (Lipinski definition) is 3. The number of anilines is 2. The maximum Gasteiger partial charge on any atom is 0.352 e. The zero-order valence-corrected chi connectivity index (χ0v) is 26.2. The molecular formula is C38H28F2N4O6. The first kappa shape index (κ1) is 32.2. The van der Waals surface area contributed by atoms with Gasteiger partial charge >= 0.3 is 11.8 Å². The Bertz CT molecular complexity index is 2150. The van der Waals surface area contributed by atoms with Crippen molar-refractivity contribution in [3.05, 3.63) is 149 Å². The molecule has 4 amide bonds. The molecule has 10 nitrogen and oxygen atoms in total. The fourth-order valence-electron chi connectivity index (χ4n) is 6.12. The molecule has 2 aliphatic heterocycles. The Hall–Kier alpha value is -6.40. The molecule has 12 heteroatoms. The Morgan fingerprint density at radius 1 is 0.720 bits per heavy atom. The second-order valence-electron chi connectivity index (χ2n) is 11.9. The van der Waals surface area contributed by atoms with Gasteiger partial charge in [-0.05, 0) is 82.4 Å². The molecule has 3 N–H and O–H groups in total. The monoisotopic (exact) mass is 674 g/mol. The van der Waals surface area contributed by atoms with Crippen LogP contribution >= 0.6 is 0 Å². The lowest BCUT2D eigenvalue weighted by molar-refractivity contribution is -0.141. The van der Waals surface area contributed by atoms with Crippen molar-refractivity contribution in [2.45, 2.75) is 25.4 Å². The summed E-state index contributed by atoms with van der Waals surface area (Å²) in [5.41, 5.74) is 9.10.